The van der Waals surface area contributed by atoms with Crippen molar-refractivity contribution in [1.82, 2.24) is 0 Å². The Labute approximate surface area is 119 Å². The molecule has 0 heterocycles. The zero-order valence-electron chi connectivity index (χ0n) is 10.4. The molecule has 0 aliphatic carbocycles. The quantitative estimate of drug-likeness (QED) is 0.801. The van der Waals surface area contributed by atoms with Crippen LogP contribution >= 0.6 is 0 Å². The monoisotopic (exact) mass is 311 g/mol. The van der Waals surface area contributed by atoms with Crippen LogP contribution in [0, 0.1) is 5.82 Å². The maximum absolute atomic E-state index is 13.4. The van der Waals surface area contributed by atoms with E-state index in [1.807, 2.05) is 4.72 Å². The van der Waals surface area contributed by atoms with Gasteiger partial charge in [-0.1, -0.05) is 12.1 Å². The topological polar surface area (TPSA) is 104 Å². The molecular weight excluding hydrogens is 301 g/mol. The van der Waals surface area contributed by atoms with Crippen LogP contribution in [-0.2, 0) is 10.0 Å². The SMILES string of the molecule is O=C(O)c1cc(S(=O)(=O)Nc2ccccc2F)ccc1O. The minimum Gasteiger partial charge on any atom is -0.507 e. The van der Waals surface area contributed by atoms with E-state index in [-0.39, 0.29) is 5.69 Å². The number of rotatable bonds is 4. The van der Waals surface area contributed by atoms with Crippen molar-refractivity contribution < 1.29 is 27.8 Å². The van der Waals surface area contributed by atoms with Crippen LogP contribution in [0.1, 0.15) is 10.4 Å². The van der Waals surface area contributed by atoms with Crippen molar-refractivity contribution in [3.63, 3.8) is 0 Å². The number of carboxylic acid groups (broad SMARTS) is 1. The summed E-state index contributed by atoms with van der Waals surface area (Å²) >= 11 is 0. The van der Waals surface area contributed by atoms with Crippen LogP contribution in [-0.4, -0.2) is 24.6 Å². The first-order valence-electron chi connectivity index (χ1n) is 5.65. The second-order valence-electron chi connectivity index (χ2n) is 4.07. The molecule has 0 atom stereocenters. The lowest BCUT2D eigenvalue weighted by molar-refractivity contribution is 0.0693. The molecule has 3 N–H and O–H groups in total. The van der Waals surface area contributed by atoms with Crippen LogP contribution in [0.2, 0.25) is 0 Å². The highest BCUT2D eigenvalue weighted by atomic mass is 32.2. The Morgan fingerprint density at radius 1 is 1.14 bits per heavy atom. The molecule has 8 heteroatoms. The number of hydrogen-bond acceptors (Lipinski definition) is 4. The fraction of sp³-hybridized carbons (Fsp3) is 0. The number of benzene rings is 2. The number of anilines is 1. The number of aromatic hydroxyl groups is 1. The van der Waals surface area contributed by atoms with Crippen LogP contribution in [0.5, 0.6) is 5.75 Å². The standard InChI is InChI=1S/C13H10FNO5S/c14-10-3-1-2-4-11(10)15-21(19,20)8-5-6-12(16)9(7-8)13(17)18/h1-7,15-16H,(H,17,18). The van der Waals surface area contributed by atoms with Crippen LogP contribution < -0.4 is 4.72 Å². The number of phenols is 1. The van der Waals surface area contributed by atoms with Crippen LogP contribution in [0.15, 0.2) is 47.4 Å². The zero-order chi connectivity index (χ0) is 15.6. The summed E-state index contributed by atoms with van der Waals surface area (Å²) in [6.07, 6.45) is 0. The number of carbonyl (C=O) groups is 1. The van der Waals surface area contributed by atoms with Gasteiger partial charge in [0.05, 0.1) is 10.6 Å². The van der Waals surface area contributed by atoms with E-state index in [1.54, 1.807) is 0 Å². The van der Waals surface area contributed by atoms with Gasteiger partial charge < -0.3 is 10.2 Å². The van der Waals surface area contributed by atoms with Gasteiger partial charge in [-0.25, -0.2) is 17.6 Å². The molecule has 2 aromatic rings. The Hall–Kier alpha value is -2.61. The van der Waals surface area contributed by atoms with Crippen LogP contribution in [0.4, 0.5) is 10.1 Å². The van der Waals surface area contributed by atoms with E-state index in [0.29, 0.717) is 0 Å². The van der Waals surface area contributed by atoms with Gasteiger partial charge in [-0.15, -0.1) is 0 Å². The molecule has 2 aromatic carbocycles. The van der Waals surface area contributed by atoms with Gasteiger partial charge in [-0.05, 0) is 30.3 Å². The molecule has 0 radical (unpaired) electrons. The number of para-hydroxylation sites is 1. The molecule has 0 fully saturated rings. The van der Waals surface area contributed by atoms with Crippen molar-refractivity contribution in [2.24, 2.45) is 0 Å². The van der Waals surface area contributed by atoms with E-state index >= 15 is 0 Å². The Bertz CT molecular complexity index is 804. The zero-order valence-corrected chi connectivity index (χ0v) is 11.3. The van der Waals surface area contributed by atoms with Crippen LogP contribution in [0.25, 0.3) is 0 Å². The van der Waals surface area contributed by atoms with Crippen molar-refractivity contribution in [3.05, 3.63) is 53.8 Å². The first kappa shape index (κ1) is 14.8. The van der Waals surface area contributed by atoms with E-state index in [0.717, 1.165) is 24.3 Å². The summed E-state index contributed by atoms with van der Waals surface area (Å²) in [6.45, 7) is 0. The third kappa shape index (κ3) is 3.11. The van der Waals surface area contributed by atoms with Gasteiger partial charge in [0, 0.05) is 0 Å². The fourth-order valence-electron chi connectivity index (χ4n) is 1.60. The van der Waals surface area contributed by atoms with E-state index in [4.69, 9.17) is 5.11 Å². The molecule has 2 rings (SSSR count). The minimum absolute atomic E-state index is 0.262. The highest BCUT2D eigenvalue weighted by Crippen LogP contribution is 2.24. The predicted octanol–water partition coefficient (Wildman–Crippen LogP) is 2.03. The van der Waals surface area contributed by atoms with Crippen molar-refractivity contribution in [3.8, 4) is 5.75 Å². The van der Waals surface area contributed by atoms with Gasteiger partial charge in [-0.3, -0.25) is 4.72 Å². The lowest BCUT2D eigenvalue weighted by Gasteiger charge is -2.10. The normalized spacial score (nSPS) is 11.1. The number of halogens is 1. The summed E-state index contributed by atoms with van der Waals surface area (Å²) in [5.41, 5.74) is -0.825. The number of aromatic carboxylic acids is 1. The molecule has 0 aliphatic heterocycles. The smallest absolute Gasteiger partial charge is 0.339 e. The van der Waals surface area contributed by atoms with Gasteiger partial charge >= 0.3 is 5.97 Å². The average molecular weight is 311 g/mol. The fourth-order valence-corrected chi connectivity index (χ4v) is 2.69. The maximum Gasteiger partial charge on any atom is 0.339 e. The van der Waals surface area contributed by atoms with Gasteiger partial charge in [0.25, 0.3) is 10.0 Å². The van der Waals surface area contributed by atoms with E-state index in [2.05, 4.69) is 0 Å². The lowest BCUT2D eigenvalue weighted by Crippen LogP contribution is -2.14. The second kappa shape index (κ2) is 5.41. The summed E-state index contributed by atoms with van der Waals surface area (Å²) in [7, 11) is -4.17. The number of carboxylic acids is 1. The summed E-state index contributed by atoms with van der Waals surface area (Å²) in [5.74, 6) is -2.80. The Morgan fingerprint density at radius 3 is 2.43 bits per heavy atom. The number of sulfonamides is 1. The summed E-state index contributed by atoms with van der Waals surface area (Å²) in [6, 6.07) is 7.91. The van der Waals surface area contributed by atoms with Crippen molar-refractivity contribution >= 4 is 21.7 Å². The lowest BCUT2D eigenvalue weighted by atomic mass is 10.2. The van der Waals surface area contributed by atoms with Gasteiger partial charge in [0.1, 0.15) is 17.1 Å². The molecule has 6 nitrogen and oxygen atoms in total. The molecule has 0 amide bonds. The largest absolute Gasteiger partial charge is 0.507 e. The van der Waals surface area contributed by atoms with E-state index in [9.17, 15) is 22.7 Å². The highest BCUT2D eigenvalue weighted by molar-refractivity contribution is 7.92. The van der Waals surface area contributed by atoms with Gasteiger partial charge in [0.2, 0.25) is 0 Å². The Morgan fingerprint density at radius 2 is 1.81 bits per heavy atom. The van der Waals surface area contributed by atoms with E-state index in [1.165, 1.54) is 18.2 Å². The third-order valence-corrected chi connectivity index (χ3v) is 3.99. The molecule has 0 aromatic heterocycles. The summed E-state index contributed by atoms with van der Waals surface area (Å²) in [5, 5.41) is 18.2. The number of nitrogens with one attached hydrogen (secondary N) is 1. The minimum atomic E-state index is -4.17. The van der Waals surface area contributed by atoms with Crippen molar-refractivity contribution in [2.75, 3.05) is 4.72 Å². The predicted molar refractivity (Wildman–Crippen MR) is 72.3 cm³/mol. The molecule has 110 valence electrons. The molecule has 0 saturated heterocycles. The molecule has 21 heavy (non-hydrogen) atoms. The number of hydrogen-bond donors (Lipinski definition) is 3. The maximum atomic E-state index is 13.4. The van der Waals surface area contributed by atoms with E-state index < -0.39 is 38.0 Å². The average Bonchev–Trinajstić information content (AvgIpc) is 2.41. The summed E-state index contributed by atoms with van der Waals surface area (Å²) < 4.78 is 39.6. The van der Waals surface area contributed by atoms with Crippen molar-refractivity contribution in [2.45, 2.75) is 4.90 Å². The molecule has 0 bridgehead atoms. The van der Waals surface area contributed by atoms with Gasteiger partial charge in [-0.2, -0.15) is 0 Å². The highest BCUT2D eigenvalue weighted by Gasteiger charge is 2.20. The Kier molecular flexibility index (Phi) is 3.81. The molecule has 0 unspecified atom stereocenters. The molecule has 0 spiro atoms. The summed E-state index contributed by atoms with van der Waals surface area (Å²) in [4.78, 5) is 10.5. The third-order valence-electron chi connectivity index (χ3n) is 2.63. The Balaban J connectivity index is 2.43. The van der Waals surface area contributed by atoms with Gasteiger partial charge in [0.15, 0.2) is 0 Å². The first-order chi connectivity index (χ1) is 9.81. The molecular formula is C13H10FNO5S. The second-order valence-corrected chi connectivity index (χ2v) is 5.75. The molecule has 0 aliphatic rings. The van der Waals surface area contributed by atoms with Crippen LogP contribution in [0.3, 0.4) is 0 Å². The van der Waals surface area contributed by atoms with Crippen molar-refractivity contribution in [1.29, 1.82) is 0 Å². The first-order valence-corrected chi connectivity index (χ1v) is 7.13. The molecule has 0 saturated carbocycles.